The van der Waals surface area contributed by atoms with Crippen LogP contribution in [-0.4, -0.2) is 29.0 Å². The SMILES string of the molecule is CCC(c1ccccc1)c1cc(C(=O)O)cc(C(=O)NC)n1. The highest BCUT2D eigenvalue weighted by Crippen LogP contribution is 2.27. The second kappa shape index (κ2) is 6.85. The van der Waals surface area contributed by atoms with Crippen molar-refractivity contribution in [2.24, 2.45) is 0 Å². The number of hydrogen-bond acceptors (Lipinski definition) is 3. The van der Waals surface area contributed by atoms with Crippen molar-refractivity contribution >= 4 is 11.9 Å². The lowest BCUT2D eigenvalue weighted by Crippen LogP contribution is -2.21. The molecule has 5 nitrogen and oxygen atoms in total. The number of aromatic carboxylic acids is 1. The van der Waals surface area contributed by atoms with Gasteiger partial charge in [-0.15, -0.1) is 0 Å². The van der Waals surface area contributed by atoms with E-state index in [0.29, 0.717) is 5.69 Å². The zero-order chi connectivity index (χ0) is 16.1. The van der Waals surface area contributed by atoms with Crippen molar-refractivity contribution in [3.05, 3.63) is 65.0 Å². The number of benzene rings is 1. The lowest BCUT2D eigenvalue weighted by molar-refractivity contribution is 0.0696. The quantitative estimate of drug-likeness (QED) is 0.889. The maximum atomic E-state index is 11.8. The summed E-state index contributed by atoms with van der Waals surface area (Å²) in [4.78, 5) is 27.5. The zero-order valence-electron chi connectivity index (χ0n) is 12.5. The molecule has 2 rings (SSSR count). The predicted molar refractivity (Wildman–Crippen MR) is 83.2 cm³/mol. The van der Waals surface area contributed by atoms with Crippen LogP contribution >= 0.6 is 0 Å². The number of carbonyl (C=O) groups excluding carboxylic acids is 1. The summed E-state index contributed by atoms with van der Waals surface area (Å²) in [7, 11) is 1.49. The van der Waals surface area contributed by atoms with Crippen molar-refractivity contribution in [1.29, 1.82) is 0 Å². The van der Waals surface area contributed by atoms with Crippen LogP contribution in [0.15, 0.2) is 42.5 Å². The molecule has 1 amide bonds. The van der Waals surface area contributed by atoms with Crippen molar-refractivity contribution in [3.63, 3.8) is 0 Å². The Morgan fingerprint density at radius 3 is 2.45 bits per heavy atom. The molecular weight excluding hydrogens is 280 g/mol. The van der Waals surface area contributed by atoms with E-state index in [-0.39, 0.29) is 17.2 Å². The van der Waals surface area contributed by atoms with Gasteiger partial charge in [-0.2, -0.15) is 0 Å². The molecule has 0 spiro atoms. The number of carbonyl (C=O) groups is 2. The molecule has 1 aromatic heterocycles. The second-order valence-electron chi connectivity index (χ2n) is 4.92. The van der Waals surface area contributed by atoms with Gasteiger partial charge in [0.1, 0.15) is 5.69 Å². The molecule has 1 unspecified atom stereocenters. The maximum absolute atomic E-state index is 11.8. The van der Waals surface area contributed by atoms with Crippen LogP contribution in [0.2, 0.25) is 0 Å². The molecule has 114 valence electrons. The van der Waals surface area contributed by atoms with Gasteiger partial charge in [0.25, 0.3) is 5.91 Å². The fourth-order valence-electron chi connectivity index (χ4n) is 2.40. The van der Waals surface area contributed by atoms with Gasteiger partial charge in [-0.1, -0.05) is 37.3 Å². The number of amides is 1. The smallest absolute Gasteiger partial charge is 0.335 e. The third kappa shape index (κ3) is 3.31. The number of rotatable bonds is 5. The summed E-state index contributed by atoms with van der Waals surface area (Å²) in [5.41, 5.74) is 1.82. The first-order valence-electron chi connectivity index (χ1n) is 7.09. The standard InChI is InChI=1S/C17H18N2O3/c1-3-13(11-7-5-4-6-8-11)14-9-12(17(21)22)10-15(19-14)16(20)18-2/h4-10,13H,3H2,1-2H3,(H,18,20)(H,21,22). The van der Waals surface area contributed by atoms with E-state index in [4.69, 9.17) is 0 Å². The third-order valence-electron chi connectivity index (χ3n) is 3.52. The molecule has 0 saturated carbocycles. The van der Waals surface area contributed by atoms with E-state index in [0.717, 1.165) is 12.0 Å². The average molecular weight is 298 g/mol. The van der Waals surface area contributed by atoms with Gasteiger partial charge < -0.3 is 10.4 Å². The maximum Gasteiger partial charge on any atom is 0.335 e. The van der Waals surface area contributed by atoms with Crippen molar-refractivity contribution in [3.8, 4) is 0 Å². The summed E-state index contributed by atoms with van der Waals surface area (Å²) in [6.45, 7) is 2.01. The minimum Gasteiger partial charge on any atom is -0.478 e. The summed E-state index contributed by atoms with van der Waals surface area (Å²) in [5, 5.41) is 11.7. The summed E-state index contributed by atoms with van der Waals surface area (Å²) in [6, 6.07) is 12.6. The number of nitrogens with zero attached hydrogens (tertiary/aromatic N) is 1. The fourth-order valence-corrected chi connectivity index (χ4v) is 2.40. The molecule has 1 atom stereocenters. The zero-order valence-corrected chi connectivity index (χ0v) is 12.5. The minimum atomic E-state index is -1.07. The van der Waals surface area contributed by atoms with E-state index in [2.05, 4.69) is 10.3 Å². The monoisotopic (exact) mass is 298 g/mol. The summed E-state index contributed by atoms with van der Waals surface area (Å²) in [5.74, 6) is -1.52. The van der Waals surface area contributed by atoms with Crippen LogP contribution in [-0.2, 0) is 0 Å². The lowest BCUT2D eigenvalue weighted by Gasteiger charge is -2.16. The Bertz CT molecular complexity index is 684. The van der Waals surface area contributed by atoms with Gasteiger partial charge >= 0.3 is 5.97 Å². The van der Waals surface area contributed by atoms with E-state index in [9.17, 15) is 14.7 Å². The number of carboxylic acids is 1. The topological polar surface area (TPSA) is 79.3 Å². The summed E-state index contributed by atoms with van der Waals surface area (Å²) >= 11 is 0. The Morgan fingerprint density at radius 2 is 1.91 bits per heavy atom. The molecular formula is C17H18N2O3. The molecule has 22 heavy (non-hydrogen) atoms. The van der Waals surface area contributed by atoms with Crippen LogP contribution in [0.4, 0.5) is 0 Å². The second-order valence-corrected chi connectivity index (χ2v) is 4.92. The molecule has 1 heterocycles. The minimum absolute atomic E-state index is 0.0519. The molecule has 0 radical (unpaired) electrons. The molecule has 0 bridgehead atoms. The number of carboxylic acid groups (broad SMARTS) is 1. The normalized spacial score (nSPS) is 11.7. The van der Waals surface area contributed by atoms with Gasteiger partial charge in [-0.05, 0) is 24.1 Å². The largest absolute Gasteiger partial charge is 0.478 e. The van der Waals surface area contributed by atoms with Crippen molar-refractivity contribution < 1.29 is 14.7 Å². The number of aromatic nitrogens is 1. The lowest BCUT2D eigenvalue weighted by atomic mass is 9.92. The van der Waals surface area contributed by atoms with Crippen molar-refractivity contribution in [2.75, 3.05) is 7.05 Å². The fraction of sp³-hybridized carbons (Fsp3) is 0.235. The molecule has 5 heteroatoms. The van der Waals surface area contributed by atoms with E-state index in [1.54, 1.807) is 0 Å². The first-order valence-corrected chi connectivity index (χ1v) is 7.09. The van der Waals surface area contributed by atoms with Crippen LogP contribution in [0.1, 0.15) is 51.4 Å². The molecule has 0 aliphatic rings. The molecule has 0 aliphatic heterocycles. The van der Waals surface area contributed by atoms with Gasteiger partial charge in [-0.25, -0.2) is 9.78 Å². The first kappa shape index (κ1) is 15.7. The van der Waals surface area contributed by atoms with Gasteiger partial charge in [0, 0.05) is 18.7 Å². The van der Waals surface area contributed by atoms with Gasteiger partial charge in [0.15, 0.2) is 0 Å². The Labute approximate surface area is 129 Å². The molecule has 0 fully saturated rings. The van der Waals surface area contributed by atoms with Crippen molar-refractivity contribution in [2.45, 2.75) is 19.3 Å². The predicted octanol–water partition coefficient (Wildman–Crippen LogP) is 2.68. The Kier molecular flexibility index (Phi) is 4.88. The van der Waals surface area contributed by atoms with Crippen molar-refractivity contribution in [1.82, 2.24) is 10.3 Å². The molecule has 2 aromatic rings. The molecule has 1 aromatic carbocycles. The van der Waals surface area contributed by atoms with E-state index >= 15 is 0 Å². The Balaban J connectivity index is 2.55. The number of hydrogen-bond donors (Lipinski definition) is 2. The van der Waals surface area contributed by atoms with Gasteiger partial charge in [0.2, 0.25) is 0 Å². The van der Waals surface area contributed by atoms with Crippen LogP contribution in [0, 0.1) is 0 Å². The summed E-state index contributed by atoms with van der Waals surface area (Å²) < 4.78 is 0. The van der Waals surface area contributed by atoms with E-state index in [1.165, 1.54) is 19.2 Å². The van der Waals surface area contributed by atoms with Crippen LogP contribution in [0.5, 0.6) is 0 Å². The summed E-state index contributed by atoms with van der Waals surface area (Å²) in [6.07, 6.45) is 0.757. The number of nitrogens with one attached hydrogen (secondary N) is 1. The van der Waals surface area contributed by atoms with Crippen LogP contribution in [0.3, 0.4) is 0 Å². The Hall–Kier alpha value is -2.69. The first-order chi connectivity index (χ1) is 10.6. The van der Waals surface area contributed by atoms with Gasteiger partial charge in [0.05, 0.1) is 5.56 Å². The van der Waals surface area contributed by atoms with Crippen LogP contribution in [0.25, 0.3) is 0 Å². The third-order valence-corrected chi connectivity index (χ3v) is 3.52. The highest BCUT2D eigenvalue weighted by atomic mass is 16.4. The van der Waals surface area contributed by atoms with Gasteiger partial charge in [-0.3, -0.25) is 4.79 Å². The average Bonchev–Trinajstić information content (AvgIpc) is 2.55. The molecule has 2 N–H and O–H groups in total. The Morgan fingerprint density at radius 1 is 1.23 bits per heavy atom. The molecule has 0 saturated heterocycles. The number of pyridine rings is 1. The highest BCUT2D eigenvalue weighted by molar-refractivity contribution is 5.95. The van der Waals surface area contributed by atoms with E-state index in [1.807, 2.05) is 37.3 Å². The van der Waals surface area contributed by atoms with E-state index < -0.39 is 11.9 Å². The molecule has 0 aliphatic carbocycles. The van der Waals surface area contributed by atoms with Crippen LogP contribution < -0.4 is 5.32 Å². The highest BCUT2D eigenvalue weighted by Gasteiger charge is 2.19.